The number of alkyl carbamates (subject to hydrolysis) is 1. The van der Waals surface area contributed by atoms with E-state index < -0.39 is 18.1 Å². The van der Waals surface area contributed by atoms with Gasteiger partial charge in [0.05, 0.1) is 0 Å². The van der Waals surface area contributed by atoms with E-state index in [-0.39, 0.29) is 18.9 Å². The quantitative estimate of drug-likeness (QED) is 0.515. The molecule has 0 aliphatic heterocycles. The second-order valence-electron chi connectivity index (χ2n) is 7.85. The third-order valence-corrected chi connectivity index (χ3v) is 5.87. The van der Waals surface area contributed by atoms with Crippen LogP contribution in [0.2, 0.25) is 0 Å². The Kier molecular flexibility index (Phi) is 6.36. The number of hydrogen-bond acceptors (Lipinski definition) is 3. The summed E-state index contributed by atoms with van der Waals surface area (Å²) in [6, 6.07) is 22.8. The number of carboxylic acid groups (broad SMARTS) is 1. The Morgan fingerprint density at radius 3 is 2.12 bits per heavy atom. The summed E-state index contributed by atoms with van der Waals surface area (Å²) in [4.78, 5) is 24.1. The van der Waals surface area contributed by atoms with E-state index in [1.807, 2.05) is 60.7 Å². The van der Waals surface area contributed by atoms with Gasteiger partial charge in [-0.2, -0.15) is 0 Å². The molecule has 3 aromatic rings. The molecule has 4 rings (SSSR count). The van der Waals surface area contributed by atoms with Gasteiger partial charge in [0.2, 0.25) is 0 Å². The summed E-state index contributed by atoms with van der Waals surface area (Å²) in [7, 11) is 0. The van der Waals surface area contributed by atoms with Crippen molar-refractivity contribution in [3.63, 3.8) is 0 Å². The molecule has 0 spiro atoms. The number of ether oxygens (including phenoxy) is 1. The first-order chi connectivity index (χ1) is 15.6. The van der Waals surface area contributed by atoms with E-state index in [0.29, 0.717) is 6.42 Å². The van der Waals surface area contributed by atoms with Crippen LogP contribution in [0.4, 0.5) is 4.79 Å². The Balaban J connectivity index is 1.37. The SMILES string of the molecule is C=Cc1ccc(CC[C@H](NC(=O)OCC2c3ccccc3-c3ccccc32)C(=O)O)cc1. The molecule has 32 heavy (non-hydrogen) atoms. The molecule has 0 saturated carbocycles. The zero-order valence-corrected chi connectivity index (χ0v) is 17.7. The minimum Gasteiger partial charge on any atom is -0.480 e. The number of carbonyl (C=O) groups is 2. The number of nitrogens with one attached hydrogen (secondary N) is 1. The Labute approximate surface area is 187 Å². The van der Waals surface area contributed by atoms with Crippen molar-refractivity contribution in [1.29, 1.82) is 0 Å². The summed E-state index contributed by atoms with van der Waals surface area (Å²) >= 11 is 0. The van der Waals surface area contributed by atoms with E-state index in [0.717, 1.165) is 33.4 Å². The normalized spacial score (nSPS) is 13.0. The van der Waals surface area contributed by atoms with Gasteiger partial charge in [0, 0.05) is 5.92 Å². The summed E-state index contributed by atoms with van der Waals surface area (Å²) in [5.74, 6) is -1.15. The number of amides is 1. The van der Waals surface area contributed by atoms with Gasteiger partial charge in [0.1, 0.15) is 12.6 Å². The number of aryl methyl sites for hydroxylation is 1. The molecule has 3 aromatic carbocycles. The van der Waals surface area contributed by atoms with E-state index >= 15 is 0 Å². The standard InChI is InChI=1S/C27H25NO4/c1-2-18-11-13-19(14-12-18)15-16-25(26(29)30)28-27(31)32-17-24-22-9-5-3-7-20(22)21-8-4-6-10-23(21)24/h2-14,24-25H,1,15-17H2,(H,28,31)(H,29,30)/t25-/m0/s1. The van der Waals surface area contributed by atoms with Crippen LogP contribution in [0.25, 0.3) is 17.2 Å². The van der Waals surface area contributed by atoms with E-state index in [2.05, 4.69) is 24.0 Å². The fourth-order valence-electron chi connectivity index (χ4n) is 4.17. The number of carboxylic acids is 1. The summed E-state index contributed by atoms with van der Waals surface area (Å²) in [6.45, 7) is 3.87. The second-order valence-corrected chi connectivity index (χ2v) is 7.85. The fourth-order valence-corrected chi connectivity index (χ4v) is 4.17. The van der Waals surface area contributed by atoms with Gasteiger partial charge in [-0.15, -0.1) is 0 Å². The van der Waals surface area contributed by atoms with Crippen LogP contribution in [0.15, 0.2) is 79.4 Å². The van der Waals surface area contributed by atoms with Gasteiger partial charge in [-0.25, -0.2) is 9.59 Å². The maximum absolute atomic E-state index is 12.4. The van der Waals surface area contributed by atoms with Crippen molar-refractivity contribution in [3.05, 3.63) is 102 Å². The average Bonchev–Trinajstić information content (AvgIpc) is 3.14. The summed E-state index contributed by atoms with van der Waals surface area (Å²) < 4.78 is 5.48. The fraction of sp³-hybridized carbons (Fsp3) is 0.185. The molecule has 0 fully saturated rings. The van der Waals surface area contributed by atoms with Crippen LogP contribution in [0, 0.1) is 0 Å². The van der Waals surface area contributed by atoms with Crippen LogP contribution >= 0.6 is 0 Å². The molecule has 1 aliphatic rings. The monoisotopic (exact) mass is 427 g/mol. The second kappa shape index (κ2) is 9.52. The molecule has 0 unspecified atom stereocenters. The molecule has 0 heterocycles. The summed E-state index contributed by atoms with van der Waals surface area (Å²) in [5, 5.41) is 12.0. The van der Waals surface area contributed by atoms with Crippen molar-refractivity contribution in [1.82, 2.24) is 5.32 Å². The Morgan fingerprint density at radius 2 is 1.56 bits per heavy atom. The third-order valence-electron chi connectivity index (χ3n) is 5.87. The first-order valence-electron chi connectivity index (χ1n) is 10.6. The topological polar surface area (TPSA) is 75.6 Å². The highest BCUT2D eigenvalue weighted by molar-refractivity contribution is 5.81. The van der Waals surface area contributed by atoms with E-state index in [1.165, 1.54) is 0 Å². The molecule has 2 N–H and O–H groups in total. The number of carbonyl (C=O) groups excluding carboxylic acids is 1. The molecule has 5 heteroatoms. The van der Waals surface area contributed by atoms with Gasteiger partial charge in [0.25, 0.3) is 0 Å². The van der Waals surface area contributed by atoms with Crippen molar-refractivity contribution in [2.75, 3.05) is 6.61 Å². The smallest absolute Gasteiger partial charge is 0.407 e. The lowest BCUT2D eigenvalue weighted by Crippen LogP contribution is -2.41. The molecule has 0 bridgehead atoms. The first kappa shape index (κ1) is 21.4. The van der Waals surface area contributed by atoms with Crippen LogP contribution in [-0.2, 0) is 16.0 Å². The maximum Gasteiger partial charge on any atom is 0.407 e. The van der Waals surface area contributed by atoms with E-state index in [4.69, 9.17) is 4.74 Å². The Morgan fingerprint density at radius 1 is 0.969 bits per heavy atom. The van der Waals surface area contributed by atoms with Gasteiger partial charge in [-0.3, -0.25) is 0 Å². The van der Waals surface area contributed by atoms with E-state index in [9.17, 15) is 14.7 Å². The van der Waals surface area contributed by atoms with E-state index in [1.54, 1.807) is 6.08 Å². The molecule has 162 valence electrons. The summed E-state index contributed by atoms with van der Waals surface area (Å²) in [6.07, 6.45) is 1.83. The molecule has 0 aromatic heterocycles. The lowest BCUT2D eigenvalue weighted by molar-refractivity contribution is -0.139. The molecule has 1 aliphatic carbocycles. The van der Waals surface area contributed by atoms with Gasteiger partial charge in [0.15, 0.2) is 0 Å². The Hall–Kier alpha value is -3.86. The third kappa shape index (κ3) is 4.57. The van der Waals surface area contributed by atoms with Crippen LogP contribution in [0.3, 0.4) is 0 Å². The van der Waals surface area contributed by atoms with Crippen molar-refractivity contribution in [2.45, 2.75) is 24.8 Å². The average molecular weight is 428 g/mol. The number of hydrogen-bond donors (Lipinski definition) is 2. The lowest BCUT2D eigenvalue weighted by atomic mass is 9.98. The minimum absolute atomic E-state index is 0.0696. The number of aliphatic carboxylic acids is 1. The van der Waals surface area contributed by atoms with Gasteiger partial charge in [-0.05, 0) is 46.2 Å². The molecule has 0 saturated heterocycles. The molecular formula is C27H25NO4. The number of fused-ring (bicyclic) bond motifs is 3. The molecule has 5 nitrogen and oxygen atoms in total. The molecule has 1 atom stereocenters. The van der Waals surface area contributed by atoms with Crippen LogP contribution in [0.5, 0.6) is 0 Å². The number of benzene rings is 3. The zero-order chi connectivity index (χ0) is 22.5. The predicted octanol–water partition coefficient (Wildman–Crippen LogP) is 5.25. The first-order valence-corrected chi connectivity index (χ1v) is 10.6. The van der Waals surface area contributed by atoms with Gasteiger partial charge < -0.3 is 15.2 Å². The molecular weight excluding hydrogens is 402 g/mol. The van der Waals surface area contributed by atoms with Crippen molar-refractivity contribution >= 4 is 18.1 Å². The van der Waals surface area contributed by atoms with Crippen molar-refractivity contribution in [2.24, 2.45) is 0 Å². The highest BCUT2D eigenvalue weighted by Gasteiger charge is 2.29. The van der Waals surface area contributed by atoms with Crippen LogP contribution in [0.1, 0.15) is 34.6 Å². The highest BCUT2D eigenvalue weighted by Crippen LogP contribution is 2.44. The predicted molar refractivity (Wildman–Crippen MR) is 124 cm³/mol. The zero-order valence-electron chi connectivity index (χ0n) is 17.7. The molecule has 0 radical (unpaired) electrons. The highest BCUT2D eigenvalue weighted by atomic mass is 16.5. The maximum atomic E-state index is 12.4. The van der Waals surface area contributed by atoms with Crippen LogP contribution < -0.4 is 5.32 Å². The van der Waals surface area contributed by atoms with Crippen LogP contribution in [-0.4, -0.2) is 29.8 Å². The van der Waals surface area contributed by atoms with Crippen molar-refractivity contribution in [3.8, 4) is 11.1 Å². The molecule has 1 amide bonds. The number of rotatable bonds is 8. The Bertz CT molecular complexity index is 1090. The minimum atomic E-state index is -1.08. The van der Waals surface area contributed by atoms with Gasteiger partial charge >= 0.3 is 12.1 Å². The van der Waals surface area contributed by atoms with Crippen molar-refractivity contribution < 1.29 is 19.4 Å². The summed E-state index contributed by atoms with van der Waals surface area (Å²) in [5.41, 5.74) is 6.50. The van der Waals surface area contributed by atoms with Gasteiger partial charge in [-0.1, -0.05) is 85.5 Å². The largest absolute Gasteiger partial charge is 0.480 e. The lowest BCUT2D eigenvalue weighted by Gasteiger charge is -2.17.